The number of benzene rings is 1. The van der Waals surface area contributed by atoms with Gasteiger partial charge in [0.1, 0.15) is 0 Å². The highest BCUT2D eigenvalue weighted by Gasteiger charge is 2.17. The van der Waals surface area contributed by atoms with Gasteiger partial charge in [-0.25, -0.2) is 0 Å². The minimum absolute atomic E-state index is 0.298. The van der Waals surface area contributed by atoms with Gasteiger partial charge in [-0.15, -0.1) is 0 Å². The van der Waals surface area contributed by atoms with E-state index in [4.69, 9.17) is 10.8 Å². The molecule has 0 saturated carbocycles. The molecular weight excluding hydrogens is 200 g/mol. The third-order valence-electron chi connectivity index (χ3n) is 3.27. The Labute approximate surface area is 96.9 Å². The Hall–Kier alpha value is -1.06. The van der Waals surface area contributed by atoms with E-state index in [1.165, 1.54) is 11.1 Å². The van der Waals surface area contributed by atoms with Gasteiger partial charge in [0.2, 0.25) is 0 Å². The van der Waals surface area contributed by atoms with E-state index in [9.17, 15) is 0 Å². The fourth-order valence-corrected chi connectivity index (χ4v) is 2.30. The predicted molar refractivity (Wildman–Crippen MR) is 66.2 cm³/mol. The van der Waals surface area contributed by atoms with Crippen LogP contribution in [-0.2, 0) is 13.0 Å². The van der Waals surface area contributed by atoms with Crippen molar-refractivity contribution >= 4 is 5.69 Å². The number of hydrogen-bond acceptors (Lipinski definition) is 3. The van der Waals surface area contributed by atoms with E-state index in [2.05, 4.69) is 11.0 Å². The summed E-state index contributed by atoms with van der Waals surface area (Å²) in [6, 6.07) is 6.20. The number of unbranched alkanes of at least 4 members (excludes halogenated alkanes) is 1. The number of nitrogen functional groups attached to an aromatic ring is 1. The number of nitrogens with two attached hydrogens (primary N) is 1. The average Bonchev–Trinajstić information content (AvgIpc) is 2.30. The molecule has 0 amide bonds. The number of hydrogen-bond donors (Lipinski definition) is 2. The third kappa shape index (κ3) is 2.54. The molecule has 1 aromatic rings. The Morgan fingerprint density at radius 3 is 3.00 bits per heavy atom. The van der Waals surface area contributed by atoms with Crippen LogP contribution in [0.3, 0.4) is 0 Å². The van der Waals surface area contributed by atoms with E-state index < -0.39 is 0 Å². The maximum absolute atomic E-state index is 8.76. The topological polar surface area (TPSA) is 49.5 Å². The highest BCUT2D eigenvalue weighted by molar-refractivity contribution is 5.51. The molecule has 3 heteroatoms. The summed E-state index contributed by atoms with van der Waals surface area (Å²) in [4.78, 5) is 2.42. The number of aliphatic hydroxyl groups is 1. The normalized spacial score (nSPS) is 16.1. The Balaban J connectivity index is 1.97. The minimum Gasteiger partial charge on any atom is -0.398 e. The largest absolute Gasteiger partial charge is 0.398 e. The van der Waals surface area contributed by atoms with Gasteiger partial charge >= 0.3 is 0 Å². The van der Waals surface area contributed by atoms with Crippen LogP contribution in [0.2, 0.25) is 0 Å². The van der Waals surface area contributed by atoms with Gasteiger partial charge in [0.25, 0.3) is 0 Å². The molecule has 1 aliphatic heterocycles. The first-order valence-corrected chi connectivity index (χ1v) is 6.00. The van der Waals surface area contributed by atoms with Gasteiger partial charge in [0.05, 0.1) is 0 Å². The molecule has 2 rings (SSSR count). The lowest BCUT2D eigenvalue weighted by atomic mass is 9.98. The number of fused-ring (bicyclic) bond motifs is 1. The van der Waals surface area contributed by atoms with Crippen LogP contribution in [-0.4, -0.2) is 29.7 Å². The van der Waals surface area contributed by atoms with Crippen molar-refractivity contribution in [3.05, 3.63) is 29.3 Å². The Kier molecular flexibility index (Phi) is 3.80. The molecule has 0 aromatic heterocycles. The molecule has 0 bridgehead atoms. The van der Waals surface area contributed by atoms with Crippen molar-refractivity contribution in [1.82, 2.24) is 4.90 Å². The highest BCUT2D eigenvalue weighted by Crippen LogP contribution is 2.24. The quantitative estimate of drug-likeness (QED) is 0.595. The lowest BCUT2D eigenvalue weighted by Crippen LogP contribution is -2.32. The number of nitrogens with zero attached hydrogens (tertiary/aromatic N) is 1. The van der Waals surface area contributed by atoms with Crippen molar-refractivity contribution in [3.8, 4) is 0 Å². The van der Waals surface area contributed by atoms with Gasteiger partial charge in [-0.2, -0.15) is 0 Å². The molecule has 1 aromatic carbocycles. The summed E-state index contributed by atoms with van der Waals surface area (Å²) < 4.78 is 0. The van der Waals surface area contributed by atoms with E-state index in [1.54, 1.807) is 0 Å². The van der Waals surface area contributed by atoms with Crippen LogP contribution in [0.25, 0.3) is 0 Å². The average molecular weight is 220 g/mol. The van der Waals surface area contributed by atoms with Crippen molar-refractivity contribution in [1.29, 1.82) is 0 Å². The zero-order valence-corrected chi connectivity index (χ0v) is 9.65. The summed E-state index contributed by atoms with van der Waals surface area (Å²) in [6.45, 7) is 3.44. The van der Waals surface area contributed by atoms with E-state index in [0.29, 0.717) is 6.61 Å². The van der Waals surface area contributed by atoms with Gasteiger partial charge in [-0.3, -0.25) is 4.90 Å². The molecule has 16 heavy (non-hydrogen) atoms. The fraction of sp³-hybridized carbons (Fsp3) is 0.538. The van der Waals surface area contributed by atoms with Crippen LogP contribution in [0.5, 0.6) is 0 Å². The molecule has 0 radical (unpaired) electrons. The molecule has 0 unspecified atom stereocenters. The maximum Gasteiger partial charge on any atom is 0.0431 e. The van der Waals surface area contributed by atoms with Crippen LogP contribution in [0.15, 0.2) is 18.2 Å². The first kappa shape index (κ1) is 11.4. The maximum atomic E-state index is 8.76. The first-order valence-electron chi connectivity index (χ1n) is 6.00. The van der Waals surface area contributed by atoms with Gasteiger partial charge in [0, 0.05) is 25.4 Å². The van der Waals surface area contributed by atoms with E-state index in [0.717, 1.165) is 44.6 Å². The van der Waals surface area contributed by atoms with Crippen molar-refractivity contribution in [3.63, 3.8) is 0 Å². The molecule has 0 aliphatic carbocycles. The second-order valence-corrected chi connectivity index (χ2v) is 4.44. The monoisotopic (exact) mass is 220 g/mol. The van der Waals surface area contributed by atoms with Gasteiger partial charge < -0.3 is 10.8 Å². The summed E-state index contributed by atoms with van der Waals surface area (Å²) in [5, 5.41) is 8.76. The predicted octanol–water partition coefficient (Wildman–Crippen LogP) is 1.40. The highest BCUT2D eigenvalue weighted by atomic mass is 16.2. The number of anilines is 1. The van der Waals surface area contributed by atoms with Crippen molar-refractivity contribution in [2.24, 2.45) is 0 Å². The minimum atomic E-state index is 0.298. The molecule has 1 aliphatic rings. The van der Waals surface area contributed by atoms with Crippen molar-refractivity contribution in [2.45, 2.75) is 25.8 Å². The summed E-state index contributed by atoms with van der Waals surface area (Å²) in [6.07, 6.45) is 3.06. The molecule has 3 N–H and O–H groups in total. The Morgan fingerprint density at radius 1 is 1.31 bits per heavy atom. The van der Waals surface area contributed by atoms with Crippen LogP contribution >= 0.6 is 0 Å². The van der Waals surface area contributed by atoms with Crippen molar-refractivity contribution in [2.75, 3.05) is 25.4 Å². The number of aliphatic hydroxyl groups excluding tert-OH is 1. The zero-order chi connectivity index (χ0) is 11.4. The SMILES string of the molecule is Nc1cccc2c1CN(CCCCO)CC2. The summed E-state index contributed by atoms with van der Waals surface area (Å²) >= 11 is 0. The van der Waals surface area contributed by atoms with Gasteiger partial charge in [0.15, 0.2) is 0 Å². The van der Waals surface area contributed by atoms with E-state index in [1.807, 2.05) is 12.1 Å². The summed E-state index contributed by atoms with van der Waals surface area (Å²) in [5.74, 6) is 0. The van der Waals surface area contributed by atoms with Crippen LogP contribution in [0.1, 0.15) is 24.0 Å². The molecule has 0 spiro atoms. The Morgan fingerprint density at radius 2 is 2.19 bits per heavy atom. The molecule has 0 fully saturated rings. The fourth-order valence-electron chi connectivity index (χ4n) is 2.30. The van der Waals surface area contributed by atoms with Gasteiger partial charge in [-0.1, -0.05) is 12.1 Å². The Bertz CT molecular complexity index is 352. The van der Waals surface area contributed by atoms with Crippen molar-refractivity contribution < 1.29 is 5.11 Å². The first-order chi connectivity index (χ1) is 7.81. The summed E-state index contributed by atoms with van der Waals surface area (Å²) in [5.41, 5.74) is 9.62. The van der Waals surface area contributed by atoms with E-state index in [-0.39, 0.29) is 0 Å². The second kappa shape index (κ2) is 5.32. The van der Waals surface area contributed by atoms with Crippen LogP contribution < -0.4 is 5.73 Å². The standard InChI is InChI=1S/C13H20N2O/c14-13-5-3-4-11-6-8-15(10-12(11)13)7-1-2-9-16/h3-5,16H,1-2,6-10,14H2. The second-order valence-electron chi connectivity index (χ2n) is 4.44. The molecular formula is C13H20N2O. The molecule has 0 saturated heterocycles. The summed E-state index contributed by atoms with van der Waals surface area (Å²) in [7, 11) is 0. The lowest BCUT2D eigenvalue weighted by molar-refractivity contribution is 0.229. The van der Waals surface area contributed by atoms with Crippen LogP contribution in [0, 0.1) is 0 Å². The zero-order valence-electron chi connectivity index (χ0n) is 9.65. The molecule has 1 heterocycles. The lowest BCUT2D eigenvalue weighted by Gasteiger charge is -2.29. The molecule has 88 valence electrons. The third-order valence-corrected chi connectivity index (χ3v) is 3.27. The van der Waals surface area contributed by atoms with Crippen LogP contribution in [0.4, 0.5) is 5.69 Å². The number of rotatable bonds is 4. The molecule has 0 atom stereocenters. The van der Waals surface area contributed by atoms with E-state index >= 15 is 0 Å². The molecule has 3 nitrogen and oxygen atoms in total. The smallest absolute Gasteiger partial charge is 0.0431 e. The van der Waals surface area contributed by atoms with Gasteiger partial charge in [-0.05, 0) is 43.0 Å².